The van der Waals surface area contributed by atoms with Crippen molar-refractivity contribution in [2.75, 3.05) is 6.61 Å². The van der Waals surface area contributed by atoms with Crippen molar-refractivity contribution in [2.24, 2.45) is 0 Å². The topological polar surface area (TPSA) is 72.3 Å². The Morgan fingerprint density at radius 2 is 2.43 bits per heavy atom. The van der Waals surface area contributed by atoms with Crippen LogP contribution in [0.2, 0.25) is 0 Å². The van der Waals surface area contributed by atoms with Gasteiger partial charge in [0.15, 0.2) is 12.3 Å². The first-order valence-corrected chi connectivity index (χ1v) is 3.78. The van der Waals surface area contributed by atoms with Crippen molar-refractivity contribution >= 4 is 5.97 Å². The van der Waals surface area contributed by atoms with Crippen LogP contribution in [0.25, 0.3) is 0 Å². The van der Waals surface area contributed by atoms with Gasteiger partial charge >= 0.3 is 5.97 Å². The van der Waals surface area contributed by atoms with Crippen LogP contribution in [0.4, 0.5) is 0 Å². The quantitative estimate of drug-likeness (QED) is 0.706. The first-order valence-electron chi connectivity index (χ1n) is 3.78. The summed E-state index contributed by atoms with van der Waals surface area (Å²) in [4.78, 5) is 18.2. The number of ether oxygens (including phenoxy) is 1. The number of carboxylic acid groups (broad SMARTS) is 1. The molecule has 0 bridgehead atoms. The molecular formula is C9H8N2O3. The minimum absolute atomic E-state index is 0.0511. The molecule has 0 aromatic carbocycles. The first kappa shape index (κ1) is 9.99. The Hall–Kier alpha value is -2.09. The predicted molar refractivity (Wildman–Crippen MR) is 48.1 cm³/mol. The molecule has 0 radical (unpaired) electrons. The standard InChI is InChI=1S/C9H8N2O3/c1-3-4-14-8-5-7(9(12)13)10-6(2)11-8/h1,5H,4H2,2H3,(H,12,13). The minimum Gasteiger partial charge on any atom is -0.477 e. The molecule has 0 spiro atoms. The van der Waals surface area contributed by atoms with Crippen molar-refractivity contribution < 1.29 is 14.6 Å². The lowest BCUT2D eigenvalue weighted by Crippen LogP contribution is -2.05. The van der Waals surface area contributed by atoms with Crippen LogP contribution in [0.3, 0.4) is 0 Å². The van der Waals surface area contributed by atoms with Gasteiger partial charge in [0, 0.05) is 6.07 Å². The number of aryl methyl sites for hydroxylation is 1. The lowest BCUT2D eigenvalue weighted by molar-refractivity contribution is 0.0689. The Bertz CT molecular complexity index is 396. The zero-order chi connectivity index (χ0) is 10.6. The third-order valence-electron chi connectivity index (χ3n) is 1.34. The second kappa shape index (κ2) is 4.23. The van der Waals surface area contributed by atoms with Crippen LogP contribution in [-0.2, 0) is 0 Å². The van der Waals surface area contributed by atoms with E-state index in [2.05, 4.69) is 15.9 Å². The van der Waals surface area contributed by atoms with Gasteiger partial charge in [-0.1, -0.05) is 5.92 Å². The highest BCUT2D eigenvalue weighted by molar-refractivity contribution is 5.85. The zero-order valence-corrected chi connectivity index (χ0v) is 7.52. The molecule has 0 saturated carbocycles. The molecule has 0 aliphatic rings. The predicted octanol–water partition coefficient (Wildman–Crippen LogP) is 0.495. The van der Waals surface area contributed by atoms with Gasteiger partial charge in [0.1, 0.15) is 5.82 Å². The number of aromatic carboxylic acids is 1. The smallest absolute Gasteiger partial charge is 0.354 e. The van der Waals surface area contributed by atoms with Gasteiger partial charge in [0.25, 0.3) is 0 Å². The Morgan fingerprint density at radius 1 is 1.71 bits per heavy atom. The molecule has 0 saturated heterocycles. The van der Waals surface area contributed by atoms with Crippen LogP contribution in [0.5, 0.6) is 5.88 Å². The average molecular weight is 192 g/mol. The van der Waals surface area contributed by atoms with E-state index in [1.807, 2.05) is 0 Å². The maximum Gasteiger partial charge on any atom is 0.354 e. The van der Waals surface area contributed by atoms with Crippen LogP contribution >= 0.6 is 0 Å². The summed E-state index contributed by atoms with van der Waals surface area (Å²) in [6, 6.07) is 1.23. The Kier molecular flexibility index (Phi) is 3.02. The van der Waals surface area contributed by atoms with Crippen molar-refractivity contribution in [3.05, 3.63) is 17.6 Å². The molecule has 14 heavy (non-hydrogen) atoms. The van der Waals surface area contributed by atoms with Gasteiger partial charge in [-0.15, -0.1) is 6.42 Å². The molecule has 1 aromatic rings. The summed E-state index contributed by atoms with van der Waals surface area (Å²) in [6.07, 6.45) is 4.98. The number of aromatic nitrogens is 2. The highest BCUT2D eigenvalue weighted by atomic mass is 16.5. The Morgan fingerprint density at radius 3 is 3.00 bits per heavy atom. The fraction of sp³-hybridized carbons (Fsp3) is 0.222. The van der Waals surface area contributed by atoms with Crippen LogP contribution in [0, 0.1) is 19.3 Å². The van der Waals surface area contributed by atoms with Gasteiger partial charge in [-0.3, -0.25) is 0 Å². The van der Waals surface area contributed by atoms with E-state index in [1.165, 1.54) is 6.07 Å². The molecule has 0 fully saturated rings. The summed E-state index contributed by atoms with van der Waals surface area (Å²) in [5.74, 6) is 1.63. The molecule has 1 heterocycles. The summed E-state index contributed by atoms with van der Waals surface area (Å²) in [5.41, 5.74) is -0.107. The molecule has 1 N–H and O–H groups in total. The number of carbonyl (C=O) groups is 1. The van der Waals surface area contributed by atoms with Gasteiger partial charge in [-0.05, 0) is 6.92 Å². The highest BCUT2D eigenvalue weighted by Crippen LogP contribution is 2.08. The van der Waals surface area contributed by atoms with Crippen molar-refractivity contribution in [3.8, 4) is 18.2 Å². The van der Waals surface area contributed by atoms with Crippen LogP contribution in [0.1, 0.15) is 16.3 Å². The monoisotopic (exact) mass is 192 g/mol. The van der Waals surface area contributed by atoms with E-state index in [1.54, 1.807) is 6.92 Å². The van der Waals surface area contributed by atoms with E-state index in [-0.39, 0.29) is 18.2 Å². The van der Waals surface area contributed by atoms with E-state index in [9.17, 15) is 4.79 Å². The molecule has 5 heteroatoms. The molecule has 0 aliphatic heterocycles. The lowest BCUT2D eigenvalue weighted by Gasteiger charge is -2.02. The van der Waals surface area contributed by atoms with Crippen molar-refractivity contribution in [1.29, 1.82) is 0 Å². The van der Waals surface area contributed by atoms with Gasteiger partial charge in [0.2, 0.25) is 5.88 Å². The number of terminal acetylenes is 1. The molecule has 0 aliphatic carbocycles. The highest BCUT2D eigenvalue weighted by Gasteiger charge is 2.08. The second-order valence-electron chi connectivity index (χ2n) is 2.44. The SMILES string of the molecule is C#CCOc1cc(C(=O)O)nc(C)n1. The van der Waals surface area contributed by atoms with Gasteiger partial charge in [-0.2, -0.15) is 4.98 Å². The van der Waals surface area contributed by atoms with Crippen molar-refractivity contribution in [3.63, 3.8) is 0 Å². The van der Waals surface area contributed by atoms with E-state index in [0.717, 1.165) is 0 Å². The second-order valence-corrected chi connectivity index (χ2v) is 2.44. The summed E-state index contributed by atoms with van der Waals surface area (Å²) in [5, 5.41) is 8.67. The zero-order valence-electron chi connectivity index (χ0n) is 7.52. The van der Waals surface area contributed by atoms with Gasteiger partial charge in [-0.25, -0.2) is 9.78 Å². The molecule has 1 aromatic heterocycles. The summed E-state index contributed by atoms with van der Waals surface area (Å²) in [6.45, 7) is 1.63. The van der Waals surface area contributed by atoms with E-state index in [4.69, 9.17) is 16.3 Å². The van der Waals surface area contributed by atoms with Crippen molar-refractivity contribution in [2.45, 2.75) is 6.92 Å². The van der Waals surface area contributed by atoms with E-state index >= 15 is 0 Å². The average Bonchev–Trinajstić information content (AvgIpc) is 2.14. The number of rotatable bonds is 3. The molecule has 0 atom stereocenters. The maximum atomic E-state index is 10.6. The molecule has 0 unspecified atom stereocenters. The largest absolute Gasteiger partial charge is 0.477 e. The van der Waals surface area contributed by atoms with Crippen LogP contribution in [0.15, 0.2) is 6.07 Å². The van der Waals surface area contributed by atoms with Gasteiger partial charge < -0.3 is 9.84 Å². The lowest BCUT2D eigenvalue weighted by atomic mass is 10.4. The van der Waals surface area contributed by atoms with E-state index < -0.39 is 5.97 Å². The summed E-state index contributed by atoms with van der Waals surface area (Å²) >= 11 is 0. The summed E-state index contributed by atoms with van der Waals surface area (Å²) in [7, 11) is 0. The number of carboxylic acids is 1. The van der Waals surface area contributed by atoms with E-state index in [0.29, 0.717) is 5.82 Å². The fourth-order valence-electron chi connectivity index (χ4n) is 0.839. The summed E-state index contributed by atoms with van der Waals surface area (Å²) < 4.78 is 4.98. The normalized spacial score (nSPS) is 9.14. The van der Waals surface area contributed by atoms with Crippen LogP contribution in [-0.4, -0.2) is 27.7 Å². The number of hydrogen-bond donors (Lipinski definition) is 1. The van der Waals surface area contributed by atoms with Gasteiger partial charge in [0.05, 0.1) is 0 Å². The molecule has 0 amide bonds. The third kappa shape index (κ3) is 2.45. The molecular weight excluding hydrogens is 184 g/mol. The molecule has 5 nitrogen and oxygen atoms in total. The Labute approximate surface area is 80.8 Å². The first-order chi connectivity index (χ1) is 6.63. The maximum absolute atomic E-state index is 10.6. The third-order valence-corrected chi connectivity index (χ3v) is 1.34. The van der Waals surface area contributed by atoms with Crippen molar-refractivity contribution in [1.82, 2.24) is 9.97 Å². The fourth-order valence-corrected chi connectivity index (χ4v) is 0.839. The minimum atomic E-state index is -1.12. The van der Waals surface area contributed by atoms with Crippen LogP contribution < -0.4 is 4.74 Å². The Balaban J connectivity index is 2.96. The molecule has 1 rings (SSSR count). The number of nitrogens with zero attached hydrogens (tertiary/aromatic N) is 2. The number of hydrogen-bond acceptors (Lipinski definition) is 4. The molecule has 72 valence electrons.